The van der Waals surface area contributed by atoms with E-state index in [1.54, 1.807) is 12.1 Å². The summed E-state index contributed by atoms with van der Waals surface area (Å²) in [6, 6.07) is 11.6. The van der Waals surface area contributed by atoms with Crippen LogP contribution in [-0.4, -0.2) is 36.8 Å². The number of nitrogens with zero attached hydrogens (tertiary/aromatic N) is 2. The fourth-order valence-corrected chi connectivity index (χ4v) is 2.63. The van der Waals surface area contributed by atoms with Crippen LogP contribution in [-0.2, 0) is 0 Å². The first-order chi connectivity index (χ1) is 12.0. The molecule has 0 bridgehead atoms. The fraction of sp³-hybridized carbons (Fsp3) is 0.176. The van der Waals surface area contributed by atoms with Gasteiger partial charge in [0, 0.05) is 24.5 Å². The van der Waals surface area contributed by atoms with Crippen molar-refractivity contribution in [1.29, 1.82) is 0 Å². The maximum atomic E-state index is 12.6. The van der Waals surface area contributed by atoms with Crippen molar-refractivity contribution in [3.05, 3.63) is 54.1 Å². The van der Waals surface area contributed by atoms with Crippen LogP contribution in [0.5, 0.6) is 5.75 Å². The van der Waals surface area contributed by atoms with Crippen molar-refractivity contribution < 1.29 is 28.2 Å². The van der Waals surface area contributed by atoms with Gasteiger partial charge in [0.25, 0.3) is 0 Å². The summed E-state index contributed by atoms with van der Waals surface area (Å²) in [5, 5.41) is 9.06. The number of carbonyl (C=O) groups excluding carboxylic acids is 1. The van der Waals surface area contributed by atoms with Crippen molar-refractivity contribution in [3.63, 3.8) is 0 Å². The average Bonchev–Trinajstić information content (AvgIpc) is 2.97. The molecule has 0 radical (unpaired) electrons. The van der Waals surface area contributed by atoms with Gasteiger partial charge in [-0.15, -0.1) is 0 Å². The molecular formula is C17H14F2N2O4. The number of urea groups is 1. The summed E-state index contributed by atoms with van der Waals surface area (Å²) >= 11 is 0. The molecule has 2 aromatic carbocycles. The monoisotopic (exact) mass is 348 g/mol. The SMILES string of the molecule is O=C(O)c1cccc(N2CCN(c3ccc(OC(F)F)cc3)C2=O)c1. The van der Waals surface area contributed by atoms with E-state index >= 15 is 0 Å². The molecule has 1 aliphatic heterocycles. The minimum atomic E-state index is -2.91. The highest BCUT2D eigenvalue weighted by molar-refractivity contribution is 6.06. The number of amides is 2. The molecule has 0 atom stereocenters. The number of halogens is 2. The molecule has 3 rings (SSSR count). The van der Waals surface area contributed by atoms with Gasteiger partial charge in [-0.25, -0.2) is 9.59 Å². The Morgan fingerprint density at radius 2 is 1.68 bits per heavy atom. The van der Waals surface area contributed by atoms with Crippen LogP contribution in [0.4, 0.5) is 25.0 Å². The van der Waals surface area contributed by atoms with Crippen LogP contribution in [0.3, 0.4) is 0 Å². The lowest BCUT2D eigenvalue weighted by atomic mass is 10.2. The molecule has 1 saturated heterocycles. The highest BCUT2D eigenvalue weighted by Gasteiger charge is 2.31. The van der Waals surface area contributed by atoms with Crippen LogP contribution in [0.1, 0.15) is 10.4 Å². The first-order valence-corrected chi connectivity index (χ1v) is 7.43. The van der Waals surface area contributed by atoms with Crippen LogP contribution < -0.4 is 14.5 Å². The van der Waals surface area contributed by atoms with Crippen LogP contribution in [0.25, 0.3) is 0 Å². The number of anilines is 2. The summed E-state index contributed by atoms with van der Waals surface area (Å²) in [6.45, 7) is -2.13. The lowest BCUT2D eigenvalue weighted by Crippen LogP contribution is -2.31. The van der Waals surface area contributed by atoms with E-state index < -0.39 is 12.6 Å². The van der Waals surface area contributed by atoms with Gasteiger partial charge in [0.05, 0.1) is 5.56 Å². The van der Waals surface area contributed by atoms with Crippen molar-refractivity contribution in [1.82, 2.24) is 0 Å². The lowest BCUT2D eigenvalue weighted by Gasteiger charge is -2.19. The highest BCUT2D eigenvalue weighted by Crippen LogP contribution is 2.27. The predicted molar refractivity (Wildman–Crippen MR) is 86.6 cm³/mol. The second kappa shape index (κ2) is 6.76. The maximum Gasteiger partial charge on any atom is 0.387 e. The Morgan fingerprint density at radius 3 is 2.28 bits per heavy atom. The van der Waals surface area contributed by atoms with Gasteiger partial charge in [-0.3, -0.25) is 9.80 Å². The minimum Gasteiger partial charge on any atom is -0.478 e. The van der Waals surface area contributed by atoms with Crippen molar-refractivity contribution in [2.75, 3.05) is 22.9 Å². The Bertz CT molecular complexity index is 795. The minimum absolute atomic E-state index is 0.0106. The van der Waals surface area contributed by atoms with Gasteiger partial charge in [0.1, 0.15) is 5.75 Å². The normalized spacial score (nSPS) is 14.3. The summed E-state index contributed by atoms with van der Waals surface area (Å²) in [7, 11) is 0. The van der Waals surface area contributed by atoms with Gasteiger partial charge in [0.2, 0.25) is 0 Å². The van der Waals surface area contributed by atoms with Crippen molar-refractivity contribution in [2.24, 2.45) is 0 Å². The first-order valence-electron chi connectivity index (χ1n) is 7.43. The number of rotatable bonds is 5. The van der Waals surface area contributed by atoms with E-state index in [9.17, 15) is 18.4 Å². The molecule has 1 fully saturated rings. The zero-order valence-electron chi connectivity index (χ0n) is 12.9. The number of ether oxygens (including phenoxy) is 1. The van der Waals surface area contributed by atoms with Crippen LogP contribution in [0.15, 0.2) is 48.5 Å². The van der Waals surface area contributed by atoms with Crippen LogP contribution >= 0.6 is 0 Å². The second-order valence-corrected chi connectivity index (χ2v) is 5.31. The standard InChI is InChI=1S/C17H14F2N2O4/c18-16(19)25-14-6-4-12(5-7-14)20-8-9-21(17(20)24)13-3-1-2-11(10-13)15(22)23/h1-7,10,16H,8-9H2,(H,22,23). The first kappa shape index (κ1) is 16.7. The van der Waals surface area contributed by atoms with E-state index in [4.69, 9.17) is 5.11 Å². The Labute approximate surface area is 141 Å². The molecule has 1 heterocycles. The topological polar surface area (TPSA) is 70.1 Å². The zero-order valence-corrected chi connectivity index (χ0v) is 12.9. The maximum absolute atomic E-state index is 12.6. The number of carboxylic acids is 1. The largest absolute Gasteiger partial charge is 0.478 e. The van der Waals surface area contributed by atoms with E-state index in [1.165, 1.54) is 46.2 Å². The molecule has 0 unspecified atom stereocenters. The Kier molecular flexibility index (Phi) is 4.51. The quantitative estimate of drug-likeness (QED) is 0.899. The molecular weight excluding hydrogens is 334 g/mol. The molecule has 0 aromatic heterocycles. The highest BCUT2D eigenvalue weighted by atomic mass is 19.3. The summed E-state index contributed by atoms with van der Waals surface area (Å²) in [4.78, 5) is 26.6. The number of hydrogen-bond acceptors (Lipinski definition) is 3. The Hall–Kier alpha value is -3.16. The van der Waals surface area contributed by atoms with Crippen LogP contribution in [0, 0.1) is 0 Å². The molecule has 2 amide bonds. The molecule has 1 N–H and O–H groups in total. The Morgan fingerprint density at radius 1 is 1.04 bits per heavy atom. The van der Waals surface area contributed by atoms with E-state index in [0.29, 0.717) is 24.5 Å². The zero-order chi connectivity index (χ0) is 18.0. The molecule has 0 saturated carbocycles. The van der Waals surface area contributed by atoms with E-state index in [1.807, 2.05) is 0 Å². The molecule has 130 valence electrons. The summed E-state index contributed by atoms with van der Waals surface area (Å²) < 4.78 is 28.6. The molecule has 1 aliphatic rings. The third kappa shape index (κ3) is 3.52. The fourth-order valence-electron chi connectivity index (χ4n) is 2.63. The van der Waals surface area contributed by atoms with Gasteiger partial charge >= 0.3 is 18.6 Å². The third-order valence-corrected chi connectivity index (χ3v) is 3.79. The summed E-state index contributed by atoms with van der Waals surface area (Å²) in [6.07, 6.45) is 0. The van der Waals surface area contributed by atoms with Gasteiger partial charge in [-0.1, -0.05) is 6.07 Å². The summed E-state index contributed by atoms with van der Waals surface area (Å²) in [5.41, 5.74) is 1.13. The molecule has 0 aliphatic carbocycles. The predicted octanol–water partition coefficient (Wildman–Crippen LogP) is 3.43. The third-order valence-electron chi connectivity index (χ3n) is 3.79. The number of aromatic carboxylic acids is 1. The molecule has 25 heavy (non-hydrogen) atoms. The Balaban J connectivity index is 1.77. The van der Waals surface area contributed by atoms with Crippen molar-refractivity contribution in [2.45, 2.75) is 6.61 Å². The molecule has 8 heteroatoms. The van der Waals surface area contributed by atoms with Gasteiger partial charge in [0.15, 0.2) is 0 Å². The molecule has 0 spiro atoms. The summed E-state index contributed by atoms with van der Waals surface area (Å²) in [5.74, 6) is -1.06. The molecule has 2 aromatic rings. The van der Waals surface area contributed by atoms with Crippen molar-refractivity contribution >= 4 is 23.4 Å². The molecule has 6 nitrogen and oxygen atoms in total. The second-order valence-electron chi connectivity index (χ2n) is 5.31. The number of carboxylic acid groups (broad SMARTS) is 1. The number of benzene rings is 2. The lowest BCUT2D eigenvalue weighted by molar-refractivity contribution is -0.0498. The van der Waals surface area contributed by atoms with Gasteiger partial charge in [-0.2, -0.15) is 8.78 Å². The van der Waals surface area contributed by atoms with Crippen molar-refractivity contribution in [3.8, 4) is 5.75 Å². The number of alkyl halides is 2. The van der Waals surface area contributed by atoms with E-state index in [2.05, 4.69) is 4.74 Å². The van der Waals surface area contributed by atoms with E-state index in [0.717, 1.165) is 0 Å². The number of hydrogen-bond donors (Lipinski definition) is 1. The van der Waals surface area contributed by atoms with Gasteiger partial charge < -0.3 is 9.84 Å². The average molecular weight is 348 g/mol. The van der Waals surface area contributed by atoms with Crippen LogP contribution in [0.2, 0.25) is 0 Å². The van der Waals surface area contributed by atoms with E-state index in [-0.39, 0.29) is 17.3 Å². The van der Waals surface area contributed by atoms with Gasteiger partial charge in [-0.05, 0) is 42.5 Å². The smallest absolute Gasteiger partial charge is 0.387 e. The number of carbonyl (C=O) groups is 2.